The molecule has 1 aliphatic carbocycles. The molecule has 1 aromatic heterocycles. The minimum Gasteiger partial charge on any atom is -0.310 e. The van der Waals surface area contributed by atoms with Gasteiger partial charge in [0, 0.05) is 44.2 Å². The fourth-order valence-electron chi connectivity index (χ4n) is 9.44. The van der Waals surface area contributed by atoms with Crippen LogP contribution < -0.4 is 4.90 Å². The lowest BCUT2D eigenvalue weighted by Gasteiger charge is -2.29. The molecule has 59 heavy (non-hydrogen) atoms. The Bertz CT molecular complexity index is 3180. The topological polar surface area (TPSA) is 25.2 Å². The number of benzene rings is 9. The molecule has 0 atom stereocenters. The maximum Gasteiger partial charge on any atom is 0.150 e. The van der Waals surface area contributed by atoms with Crippen LogP contribution in [-0.2, 0) is 5.41 Å². The van der Waals surface area contributed by atoms with Gasteiger partial charge in [-0.15, -0.1) is 0 Å². The zero-order chi connectivity index (χ0) is 39.7. The van der Waals surface area contributed by atoms with Gasteiger partial charge in [-0.3, -0.25) is 4.79 Å². The minimum absolute atomic E-state index is 0.230. The molecule has 0 N–H and O–H groups in total. The van der Waals surface area contributed by atoms with Crippen LogP contribution in [0.3, 0.4) is 0 Å². The molecule has 1 aliphatic rings. The van der Waals surface area contributed by atoms with Crippen LogP contribution in [0.1, 0.15) is 35.3 Å². The number of aldehydes is 1. The second-order valence-electron chi connectivity index (χ2n) is 16.2. The lowest BCUT2D eigenvalue weighted by Crippen LogP contribution is -2.17. The number of rotatable bonds is 7. The molecule has 0 bridgehead atoms. The molecule has 0 fully saturated rings. The molecule has 0 saturated heterocycles. The normalized spacial score (nSPS) is 12.8. The highest BCUT2D eigenvalue weighted by Gasteiger charge is 2.36. The van der Waals surface area contributed by atoms with Gasteiger partial charge in [0.25, 0.3) is 0 Å². The molecule has 0 unspecified atom stereocenters. The van der Waals surface area contributed by atoms with Gasteiger partial charge in [0.1, 0.15) is 6.29 Å². The Kier molecular flexibility index (Phi) is 7.99. The number of carbonyl (C=O) groups excluding carboxylic acids is 1. The van der Waals surface area contributed by atoms with Crippen molar-refractivity contribution >= 4 is 55.9 Å². The molecule has 3 heteroatoms. The summed E-state index contributed by atoms with van der Waals surface area (Å²) >= 11 is 0. The van der Waals surface area contributed by atoms with E-state index in [1.54, 1.807) is 0 Å². The highest BCUT2D eigenvalue weighted by Crippen LogP contribution is 2.52. The van der Waals surface area contributed by atoms with Crippen LogP contribution in [-0.4, -0.2) is 10.9 Å². The van der Waals surface area contributed by atoms with E-state index in [0.29, 0.717) is 5.56 Å². The third-order valence-electron chi connectivity index (χ3n) is 12.5. The maximum absolute atomic E-state index is 11.2. The quantitative estimate of drug-likeness (QED) is 0.151. The predicted octanol–water partition coefficient (Wildman–Crippen LogP) is 14.9. The summed E-state index contributed by atoms with van der Waals surface area (Å²) in [7, 11) is 0. The van der Waals surface area contributed by atoms with Crippen molar-refractivity contribution in [3.8, 4) is 39.1 Å². The summed E-state index contributed by atoms with van der Waals surface area (Å²) in [5, 5.41) is 4.96. The number of hydrogen-bond donors (Lipinski definition) is 0. The molecule has 9 aromatic carbocycles. The lowest BCUT2D eigenvalue weighted by molar-refractivity contribution is 0.112. The van der Waals surface area contributed by atoms with Gasteiger partial charge in [0.05, 0.1) is 16.7 Å². The van der Waals surface area contributed by atoms with Crippen molar-refractivity contribution < 1.29 is 4.79 Å². The fraction of sp³-hybridized carbons (Fsp3) is 0.0536. The van der Waals surface area contributed by atoms with E-state index in [0.717, 1.165) is 45.6 Å². The Balaban J connectivity index is 0.990. The largest absolute Gasteiger partial charge is 0.310 e. The number of fused-ring (bicyclic) bond motifs is 7. The first-order chi connectivity index (χ1) is 29.0. The van der Waals surface area contributed by atoms with Crippen LogP contribution >= 0.6 is 0 Å². The molecule has 1 heterocycles. The van der Waals surface area contributed by atoms with Gasteiger partial charge in [-0.1, -0.05) is 159 Å². The van der Waals surface area contributed by atoms with Gasteiger partial charge >= 0.3 is 0 Å². The van der Waals surface area contributed by atoms with Gasteiger partial charge < -0.3 is 9.47 Å². The number of hydrogen-bond acceptors (Lipinski definition) is 2. The Morgan fingerprint density at radius 3 is 1.58 bits per heavy atom. The van der Waals surface area contributed by atoms with Gasteiger partial charge in [0.2, 0.25) is 0 Å². The van der Waals surface area contributed by atoms with Crippen LogP contribution in [0.4, 0.5) is 17.1 Å². The first kappa shape index (κ1) is 34.7. The number of nitrogens with zero attached hydrogens (tertiary/aromatic N) is 2. The first-order valence-electron chi connectivity index (χ1n) is 20.3. The van der Waals surface area contributed by atoms with Gasteiger partial charge in [-0.05, 0) is 104 Å². The van der Waals surface area contributed by atoms with Crippen molar-refractivity contribution in [3.05, 3.63) is 217 Å². The number of anilines is 3. The van der Waals surface area contributed by atoms with E-state index in [1.807, 2.05) is 24.3 Å². The average molecular weight is 757 g/mol. The number of para-hydroxylation sites is 2. The van der Waals surface area contributed by atoms with Crippen LogP contribution in [0.15, 0.2) is 200 Å². The van der Waals surface area contributed by atoms with E-state index in [1.165, 1.54) is 60.5 Å². The average Bonchev–Trinajstić information content (AvgIpc) is 3.74. The summed E-state index contributed by atoms with van der Waals surface area (Å²) in [5.74, 6) is 0. The molecule has 11 rings (SSSR count). The van der Waals surface area contributed by atoms with E-state index in [9.17, 15) is 4.79 Å². The number of aromatic nitrogens is 1. The van der Waals surface area contributed by atoms with Crippen molar-refractivity contribution in [2.45, 2.75) is 19.3 Å². The highest BCUT2D eigenvalue weighted by molar-refractivity contribution is 6.09. The van der Waals surface area contributed by atoms with Gasteiger partial charge in [-0.2, -0.15) is 0 Å². The zero-order valence-corrected chi connectivity index (χ0v) is 32.9. The molecular formula is C56H40N2O. The third kappa shape index (κ3) is 5.61. The van der Waals surface area contributed by atoms with Gasteiger partial charge in [0.15, 0.2) is 0 Å². The van der Waals surface area contributed by atoms with Crippen LogP contribution in [0.2, 0.25) is 0 Å². The summed E-state index contributed by atoms with van der Waals surface area (Å²) in [6.45, 7) is 4.75. The molecule has 0 amide bonds. The summed E-state index contributed by atoms with van der Waals surface area (Å²) < 4.78 is 2.42. The van der Waals surface area contributed by atoms with Crippen LogP contribution in [0.5, 0.6) is 0 Å². The van der Waals surface area contributed by atoms with Gasteiger partial charge in [-0.25, -0.2) is 0 Å². The zero-order valence-electron chi connectivity index (χ0n) is 32.9. The lowest BCUT2D eigenvalue weighted by atomic mass is 9.82. The summed E-state index contributed by atoms with van der Waals surface area (Å²) in [6, 6.07) is 72.1. The molecule has 280 valence electrons. The molecule has 0 aliphatic heterocycles. The highest BCUT2D eigenvalue weighted by atomic mass is 16.1. The van der Waals surface area contributed by atoms with Crippen molar-refractivity contribution in [1.82, 2.24) is 4.57 Å². The maximum atomic E-state index is 11.2. The molecule has 3 nitrogen and oxygen atoms in total. The second kappa shape index (κ2) is 13.6. The molecule has 0 radical (unpaired) electrons. The Labute approximate surface area is 344 Å². The molecule has 0 saturated carbocycles. The summed E-state index contributed by atoms with van der Waals surface area (Å²) in [4.78, 5) is 13.6. The van der Waals surface area contributed by atoms with Crippen molar-refractivity contribution in [2.75, 3.05) is 4.90 Å². The predicted molar refractivity (Wildman–Crippen MR) is 247 cm³/mol. The standard InChI is InChI=1S/C56H40N2O/c1-56(2)51-34-44(30-32-47(51)48-33-31-45(35-52(48)56)58-54-15-7-5-13-49(54)50-14-6-8-16-55(50)58)57(53-17-9-11-42-10-3-4-12-46(42)53)43-28-26-41(27-29-43)40-24-22-39(23-25-40)38-20-18-37(36-59)19-21-38/h3-36H,1-2H3. The van der Waals surface area contributed by atoms with E-state index >= 15 is 0 Å². The Morgan fingerprint density at radius 2 is 0.949 bits per heavy atom. The van der Waals surface area contributed by atoms with E-state index < -0.39 is 0 Å². The second-order valence-corrected chi connectivity index (χ2v) is 16.2. The van der Waals surface area contributed by atoms with Crippen LogP contribution in [0, 0.1) is 0 Å². The molecule has 10 aromatic rings. The molecule has 0 spiro atoms. The summed E-state index contributed by atoms with van der Waals surface area (Å²) in [5.41, 5.74) is 17.2. The monoisotopic (exact) mass is 756 g/mol. The van der Waals surface area contributed by atoms with E-state index in [4.69, 9.17) is 0 Å². The summed E-state index contributed by atoms with van der Waals surface area (Å²) in [6.07, 6.45) is 0.880. The van der Waals surface area contributed by atoms with Crippen LogP contribution in [0.25, 0.3) is 71.6 Å². The minimum atomic E-state index is -0.230. The Hall–Kier alpha value is -7.49. The third-order valence-corrected chi connectivity index (χ3v) is 12.5. The van der Waals surface area contributed by atoms with E-state index in [2.05, 4.69) is 199 Å². The molecular weight excluding hydrogens is 717 g/mol. The SMILES string of the molecule is CC1(C)c2cc(N(c3ccc(-c4ccc(-c5ccc(C=O)cc5)cc4)cc3)c3cccc4ccccc34)ccc2-c2ccc(-n3c4ccccc4c4ccccc43)cc21. The fourth-order valence-corrected chi connectivity index (χ4v) is 9.44. The van der Waals surface area contributed by atoms with Crippen molar-refractivity contribution in [1.29, 1.82) is 0 Å². The first-order valence-corrected chi connectivity index (χ1v) is 20.3. The smallest absolute Gasteiger partial charge is 0.150 e. The van der Waals surface area contributed by atoms with Crippen molar-refractivity contribution in [3.63, 3.8) is 0 Å². The van der Waals surface area contributed by atoms with E-state index in [-0.39, 0.29) is 5.41 Å². The Morgan fingerprint density at radius 1 is 0.458 bits per heavy atom. The van der Waals surface area contributed by atoms with Crippen molar-refractivity contribution in [2.24, 2.45) is 0 Å². The number of carbonyl (C=O) groups is 1.